The quantitative estimate of drug-likeness (QED) is 0.635. The van der Waals surface area contributed by atoms with E-state index < -0.39 is 5.60 Å². The molecule has 0 spiro atoms. The first kappa shape index (κ1) is 10.9. The minimum absolute atomic E-state index is 0.502. The van der Waals surface area contributed by atoms with E-state index in [0.29, 0.717) is 6.61 Å². The lowest BCUT2D eigenvalue weighted by atomic mass is 9.94. The smallest absolute Gasteiger partial charge is 0.0878 e. The highest BCUT2D eigenvalue weighted by atomic mass is 16.5. The van der Waals surface area contributed by atoms with Crippen molar-refractivity contribution in [1.82, 2.24) is 0 Å². The number of hydrogen-bond donors (Lipinski definition) is 1. The summed E-state index contributed by atoms with van der Waals surface area (Å²) in [6.45, 7) is 7.35. The molecule has 0 aromatic carbocycles. The summed E-state index contributed by atoms with van der Waals surface area (Å²) in [5.41, 5.74) is -0.502. The molecule has 2 nitrogen and oxygen atoms in total. The van der Waals surface area contributed by atoms with Gasteiger partial charge in [0.2, 0.25) is 0 Å². The molecule has 2 heteroatoms. The van der Waals surface area contributed by atoms with E-state index in [9.17, 15) is 5.11 Å². The van der Waals surface area contributed by atoms with Gasteiger partial charge in [-0.05, 0) is 19.3 Å². The summed E-state index contributed by atoms with van der Waals surface area (Å²) in [5.74, 6) is 0. The van der Waals surface area contributed by atoms with E-state index in [1.807, 2.05) is 20.8 Å². The predicted octanol–water partition coefficient (Wildman–Crippen LogP) is 1.96. The van der Waals surface area contributed by atoms with Gasteiger partial charge < -0.3 is 9.84 Å². The van der Waals surface area contributed by atoms with Crippen molar-refractivity contribution >= 4 is 0 Å². The van der Waals surface area contributed by atoms with E-state index in [1.165, 1.54) is 0 Å². The van der Waals surface area contributed by atoms with Gasteiger partial charge in [0.05, 0.1) is 12.2 Å². The van der Waals surface area contributed by atoms with Gasteiger partial charge in [-0.3, -0.25) is 0 Å². The number of ether oxygens (including phenoxy) is 1. The molecule has 1 heterocycles. The molecule has 1 unspecified atom stereocenters. The zero-order chi connectivity index (χ0) is 8.74. The summed E-state index contributed by atoms with van der Waals surface area (Å²) >= 11 is 0. The third-order valence-electron chi connectivity index (χ3n) is 1.96. The van der Waals surface area contributed by atoms with Crippen molar-refractivity contribution in [1.29, 1.82) is 0 Å². The average molecular weight is 160 g/mol. The Hall–Kier alpha value is -0.0800. The molecule has 1 atom stereocenters. The lowest BCUT2D eigenvalue weighted by Crippen LogP contribution is -2.37. The highest BCUT2D eigenvalue weighted by molar-refractivity contribution is 4.78. The van der Waals surface area contributed by atoms with E-state index in [1.54, 1.807) is 0 Å². The molecule has 1 aliphatic rings. The second-order valence-electron chi connectivity index (χ2n) is 2.73. The molecule has 0 aromatic rings. The first-order valence-corrected chi connectivity index (χ1v) is 4.57. The molecule has 11 heavy (non-hydrogen) atoms. The van der Waals surface area contributed by atoms with E-state index in [-0.39, 0.29) is 0 Å². The Morgan fingerprint density at radius 2 is 2.09 bits per heavy atom. The van der Waals surface area contributed by atoms with Gasteiger partial charge in [0.25, 0.3) is 0 Å². The van der Waals surface area contributed by atoms with Crippen LogP contribution in [0.15, 0.2) is 0 Å². The van der Waals surface area contributed by atoms with Crippen LogP contribution in [0.25, 0.3) is 0 Å². The van der Waals surface area contributed by atoms with Crippen LogP contribution in [0.2, 0.25) is 0 Å². The summed E-state index contributed by atoms with van der Waals surface area (Å²) in [4.78, 5) is 0. The second kappa shape index (κ2) is 5.56. The highest BCUT2D eigenvalue weighted by Crippen LogP contribution is 2.21. The molecule has 1 fully saturated rings. The molecule has 1 saturated heterocycles. The summed E-state index contributed by atoms with van der Waals surface area (Å²) in [6.07, 6.45) is 2.72. The second-order valence-corrected chi connectivity index (χ2v) is 2.73. The minimum atomic E-state index is -0.502. The molecule has 0 saturated carbocycles. The molecule has 0 aliphatic carbocycles. The molecule has 0 bridgehead atoms. The van der Waals surface area contributed by atoms with Gasteiger partial charge in [-0.25, -0.2) is 0 Å². The maximum atomic E-state index is 9.56. The number of aliphatic hydroxyl groups is 1. The minimum Gasteiger partial charge on any atom is -0.387 e. The van der Waals surface area contributed by atoms with Crippen molar-refractivity contribution in [2.24, 2.45) is 0 Å². The van der Waals surface area contributed by atoms with Crippen molar-refractivity contribution in [2.75, 3.05) is 13.2 Å². The summed E-state index contributed by atoms with van der Waals surface area (Å²) in [5, 5.41) is 9.56. The van der Waals surface area contributed by atoms with Crippen LogP contribution < -0.4 is 0 Å². The summed E-state index contributed by atoms with van der Waals surface area (Å²) in [6, 6.07) is 0. The maximum absolute atomic E-state index is 9.56. The van der Waals surface area contributed by atoms with E-state index in [4.69, 9.17) is 4.74 Å². The third kappa shape index (κ3) is 3.73. The van der Waals surface area contributed by atoms with Crippen LogP contribution in [0.3, 0.4) is 0 Å². The van der Waals surface area contributed by atoms with Crippen LogP contribution in [0.1, 0.15) is 40.0 Å². The molecule has 0 radical (unpaired) electrons. The first-order valence-electron chi connectivity index (χ1n) is 4.57. The lowest BCUT2D eigenvalue weighted by molar-refractivity contribution is -0.0868. The van der Waals surface area contributed by atoms with Crippen LogP contribution in [0, 0.1) is 0 Å². The Bertz CT molecular complexity index is 85.6. The molecule has 1 aliphatic heterocycles. The maximum Gasteiger partial charge on any atom is 0.0878 e. The van der Waals surface area contributed by atoms with Gasteiger partial charge in [-0.15, -0.1) is 0 Å². The van der Waals surface area contributed by atoms with E-state index in [2.05, 4.69) is 0 Å². The highest BCUT2D eigenvalue weighted by Gasteiger charge is 2.27. The van der Waals surface area contributed by atoms with Crippen LogP contribution >= 0.6 is 0 Å². The van der Waals surface area contributed by atoms with Crippen molar-refractivity contribution in [3.8, 4) is 0 Å². The fourth-order valence-corrected chi connectivity index (χ4v) is 1.12. The molecular weight excluding hydrogens is 140 g/mol. The van der Waals surface area contributed by atoms with Crippen LogP contribution in [0.5, 0.6) is 0 Å². The average Bonchev–Trinajstić information content (AvgIpc) is 2.10. The Morgan fingerprint density at radius 3 is 2.36 bits per heavy atom. The Kier molecular flexibility index (Phi) is 5.51. The summed E-state index contributed by atoms with van der Waals surface area (Å²) < 4.78 is 5.13. The topological polar surface area (TPSA) is 29.5 Å². The monoisotopic (exact) mass is 160 g/mol. The van der Waals surface area contributed by atoms with Crippen LogP contribution in [-0.2, 0) is 4.74 Å². The molecule has 0 amide bonds. The Morgan fingerprint density at radius 1 is 1.45 bits per heavy atom. The van der Waals surface area contributed by atoms with Gasteiger partial charge in [-0.1, -0.05) is 20.8 Å². The van der Waals surface area contributed by atoms with Gasteiger partial charge in [-0.2, -0.15) is 0 Å². The normalized spacial score (nSPS) is 30.5. The van der Waals surface area contributed by atoms with Crippen molar-refractivity contribution in [2.45, 2.75) is 45.6 Å². The molecular formula is C9H20O2. The predicted molar refractivity (Wildman–Crippen MR) is 46.6 cm³/mol. The first-order chi connectivity index (χ1) is 5.27. The number of hydrogen-bond acceptors (Lipinski definition) is 2. The van der Waals surface area contributed by atoms with Gasteiger partial charge in [0.1, 0.15) is 0 Å². The zero-order valence-corrected chi connectivity index (χ0v) is 7.89. The molecule has 1 rings (SSSR count). The van der Waals surface area contributed by atoms with Crippen molar-refractivity contribution in [3.63, 3.8) is 0 Å². The fourth-order valence-electron chi connectivity index (χ4n) is 1.12. The largest absolute Gasteiger partial charge is 0.387 e. The van der Waals surface area contributed by atoms with Gasteiger partial charge >= 0.3 is 0 Å². The zero-order valence-electron chi connectivity index (χ0n) is 7.89. The van der Waals surface area contributed by atoms with E-state index in [0.717, 1.165) is 25.9 Å². The SMILES string of the molecule is CC.CCC1(O)CCCOC1. The fraction of sp³-hybridized carbons (Fsp3) is 1.00. The molecule has 68 valence electrons. The number of rotatable bonds is 1. The van der Waals surface area contributed by atoms with Gasteiger partial charge in [0.15, 0.2) is 0 Å². The van der Waals surface area contributed by atoms with Crippen molar-refractivity contribution in [3.05, 3.63) is 0 Å². The molecule has 1 N–H and O–H groups in total. The van der Waals surface area contributed by atoms with Crippen LogP contribution in [-0.4, -0.2) is 23.9 Å². The van der Waals surface area contributed by atoms with Crippen molar-refractivity contribution < 1.29 is 9.84 Å². The van der Waals surface area contributed by atoms with Gasteiger partial charge in [0, 0.05) is 6.61 Å². The standard InChI is InChI=1S/C7H14O2.C2H6/c1-2-7(8)4-3-5-9-6-7;1-2/h8H,2-6H2,1H3;1-2H3. The Balaban J connectivity index is 0.000000461. The Labute approximate surface area is 69.6 Å². The molecule has 0 aromatic heterocycles. The lowest BCUT2D eigenvalue weighted by Gasteiger charge is -2.30. The van der Waals surface area contributed by atoms with Crippen LogP contribution in [0.4, 0.5) is 0 Å². The van der Waals surface area contributed by atoms with E-state index >= 15 is 0 Å². The summed E-state index contributed by atoms with van der Waals surface area (Å²) in [7, 11) is 0. The third-order valence-corrected chi connectivity index (χ3v) is 1.96.